The fourth-order valence-corrected chi connectivity index (χ4v) is 7.59. The molecule has 10 heteroatoms. The van der Waals surface area contributed by atoms with Crippen LogP contribution in [-0.4, -0.2) is 63.2 Å². The van der Waals surface area contributed by atoms with E-state index in [-0.39, 0.29) is 17.0 Å². The first-order chi connectivity index (χ1) is 17.4. The Hall–Kier alpha value is -3.39. The summed E-state index contributed by atoms with van der Waals surface area (Å²) in [6, 6.07) is 10.9. The van der Waals surface area contributed by atoms with Gasteiger partial charge in [-0.25, -0.2) is 8.42 Å². The number of rotatable bonds is 6. The van der Waals surface area contributed by atoms with Crippen molar-refractivity contribution < 1.29 is 13.2 Å². The normalized spacial score (nSPS) is 21.2. The van der Waals surface area contributed by atoms with Gasteiger partial charge in [-0.15, -0.1) is 0 Å². The minimum atomic E-state index is -3.98. The van der Waals surface area contributed by atoms with Crippen LogP contribution >= 0.6 is 0 Å². The minimum Gasteiger partial charge on any atom is -0.383 e. The first-order valence-corrected chi connectivity index (χ1v) is 13.6. The number of hydrogen-bond acceptors (Lipinski definition) is 7. The Morgan fingerprint density at radius 3 is 2.92 bits per heavy atom. The predicted molar refractivity (Wildman–Crippen MR) is 137 cm³/mol. The van der Waals surface area contributed by atoms with Gasteiger partial charge in [-0.2, -0.15) is 5.26 Å². The molecule has 2 N–H and O–H groups in total. The number of pyridine rings is 1. The third-order valence-corrected chi connectivity index (χ3v) is 9.43. The van der Waals surface area contributed by atoms with Crippen LogP contribution in [-0.2, 0) is 21.2 Å². The SMILES string of the molecule is Cc1c[nH]c(=O)c2cccc(S(=O)(=O)N3CCc4c(NCCN5C[C@H]6C[C@@H]5CO6)cc(C#N)cc43)c12. The number of nitrogens with zero attached hydrogens (tertiary/aromatic N) is 3. The van der Waals surface area contributed by atoms with Crippen molar-refractivity contribution in [3.63, 3.8) is 0 Å². The van der Waals surface area contributed by atoms with Crippen LogP contribution in [0.15, 0.2) is 46.2 Å². The molecule has 3 aliphatic heterocycles. The van der Waals surface area contributed by atoms with E-state index in [0.717, 1.165) is 37.4 Å². The van der Waals surface area contributed by atoms with Crippen molar-refractivity contribution >= 4 is 32.2 Å². The third-order valence-electron chi connectivity index (χ3n) is 7.57. The first-order valence-electron chi connectivity index (χ1n) is 12.2. The summed E-state index contributed by atoms with van der Waals surface area (Å²) >= 11 is 0. The molecule has 3 aromatic rings. The number of aromatic nitrogens is 1. The largest absolute Gasteiger partial charge is 0.383 e. The van der Waals surface area contributed by atoms with E-state index < -0.39 is 10.0 Å². The summed E-state index contributed by atoms with van der Waals surface area (Å²) in [5, 5.41) is 13.9. The van der Waals surface area contributed by atoms with Gasteiger partial charge in [-0.1, -0.05) is 6.07 Å². The molecular weight excluding hydrogens is 478 g/mol. The molecule has 36 heavy (non-hydrogen) atoms. The van der Waals surface area contributed by atoms with E-state index in [1.807, 2.05) is 0 Å². The molecule has 2 atom stereocenters. The van der Waals surface area contributed by atoms with E-state index >= 15 is 0 Å². The predicted octanol–water partition coefficient (Wildman–Crippen LogP) is 2.34. The topological polar surface area (TPSA) is 119 Å². The zero-order valence-electron chi connectivity index (χ0n) is 20.0. The van der Waals surface area contributed by atoms with Crippen molar-refractivity contribution in [1.82, 2.24) is 9.88 Å². The summed E-state index contributed by atoms with van der Waals surface area (Å²) in [6.07, 6.45) is 3.50. The molecule has 0 spiro atoms. The lowest BCUT2D eigenvalue weighted by Crippen LogP contribution is -2.39. The lowest BCUT2D eigenvalue weighted by atomic mass is 10.1. The summed E-state index contributed by atoms with van der Waals surface area (Å²) in [6.45, 7) is 5.35. The maximum Gasteiger partial charge on any atom is 0.264 e. The maximum absolute atomic E-state index is 13.9. The molecule has 0 unspecified atom stereocenters. The second-order valence-corrected chi connectivity index (χ2v) is 11.5. The Morgan fingerprint density at radius 2 is 2.17 bits per heavy atom. The Bertz CT molecular complexity index is 1580. The standard InChI is InChI=1S/C26H27N5O4S/c1-16-13-29-26(32)21-3-2-4-24(25(16)21)36(33,34)31-7-5-20-22(9-17(12-27)10-23(20)31)28-6-8-30-14-19-11-18(30)15-35-19/h2-4,9-10,13,18-19,28H,5-8,11,14-15H2,1H3,(H,29,32)/t18-,19-/m1/s1. The van der Waals surface area contributed by atoms with E-state index in [1.165, 1.54) is 10.5 Å². The molecule has 2 saturated heterocycles. The van der Waals surface area contributed by atoms with Crippen LogP contribution in [0.5, 0.6) is 0 Å². The molecular formula is C26H27N5O4S. The second kappa shape index (κ2) is 8.62. The van der Waals surface area contributed by atoms with Crippen LogP contribution in [0.1, 0.15) is 23.1 Å². The second-order valence-electron chi connectivity index (χ2n) is 9.71. The van der Waals surface area contributed by atoms with Gasteiger partial charge in [0.2, 0.25) is 0 Å². The van der Waals surface area contributed by atoms with Crippen LogP contribution in [0, 0.1) is 18.3 Å². The van der Waals surface area contributed by atoms with E-state index in [2.05, 4.69) is 21.3 Å². The third kappa shape index (κ3) is 3.66. The van der Waals surface area contributed by atoms with Crippen molar-refractivity contribution in [1.29, 1.82) is 5.26 Å². The molecule has 1 aromatic heterocycles. The number of morpholine rings is 1. The summed E-state index contributed by atoms with van der Waals surface area (Å²) in [5.41, 5.74) is 2.96. The van der Waals surface area contributed by atoms with Gasteiger partial charge < -0.3 is 15.0 Å². The molecule has 4 heterocycles. The summed E-state index contributed by atoms with van der Waals surface area (Å²) in [7, 11) is -3.98. The first kappa shape index (κ1) is 23.0. The molecule has 2 fully saturated rings. The molecule has 6 rings (SSSR count). The number of benzene rings is 2. The van der Waals surface area contributed by atoms with Crippen molar-refractivity contribution in [3.05, 3.63) is 63.6 Å². The van der Waals surface area contributed by atoms with Crippen LogP contribution in [0.25, 0.3) is 10.8 Å². The summed E-state index contributed by atoms with van der Waals surface area (Å²) in [4.78, 5) is 17.6. The number of nitriles is 1. The lowest BCUT2D eigenvalue weighted by Gasteiger charge is -2.27. The van der Waals surface area contributed by atoms with Gasteiger partial charge in [-0.05, 0) is 49.6 Å². The average Bonchev–Trinajstić information content (AvgIpc) is 3.62. The number of anilines is 2. The lowest BCUT2D eigenvalue weighted by molar-refractivity contribution is 0.0324. The van der Waals surface area contributed by atoms with Crippen molar-refractivity contribution in [3.8, 4) is 6.07 Å². The fourth-order valence-electron chi connectivity index (χ4n) is 5.82. The fraction of sp³-hybridized carbons (Fsp3) is 0.385. The van der Waals surface area contributed by atoms with Gasteiger partial charge in [0.25, 0.3) is 15.6 Å². The quantitative estimate of drug-likeness (QED) is 0.528. The van der Waals surface area contributed by atoms with Gasteiger partial charge in [0.15, 0.2) is 0 Å². The van der Waals surface area contributed by atoms with Crippen LogP contribution < -0.4 is 15.2 Å². The average molecular weight is 506 g/mol. The van der Waals surface area contributed by atoms with Gasteiger partial charge in [0.05, 0.1) is 34.9 Å². The summed E-state index contributed by atoms with van der Waals surface area (Å²) < 4.78 is 34.9. The maximum atomic E-state index is 13.9. The number of aryl methyl sites for hydroxylation is 1. The molecule has 0 amide bonds. The van der Waals surface area contributed by atoms with E-state index in [0.29, 0.717) is 52.7 Å². The number of H-pyrrole nitrogens is 1. The molecule has 0 aliphatic carbocycles. The van der Waals surface area contributed by atoms with E-state index in [1.54, 1.807) is 37.3 Å². The highest BCUT2D eigenvalue weighted by atomic mass is 32.2. The molecule has 0 radical (unpaired) electrons. The molecule has 9 nitrogen and oxygen atoms in total. The van der Waals surface area contributed by atoms with Crippen LogP contribution in [0.4, 0.5) is 11.4 Å². The number of likely N-dealkylation sites (tertiary alicyclic amines) is 1. The Labute approximate surface area is 209 Å². The smallest absolute Gasteiger partial charge is 0.264 e. The van der Waals surface area contributed by atoms with Crippen LogP contribution in [0.2, 0.25) is 0 Å². The van der Waals surface area contributed by atoms with Gasteiger partial charge in [-0.3, -0.25) is 14.0 Å². The minimum absolute atomic E-state index is 0.0969. The molecule has 2 bridgehead atoms. The monoisotopic (exact) mass is 505 g/mol. The van der Waals surface area contributed by atoms with Crippen molar-refractivity contribution in [2.24, 2.45) is 0 Å². The molecule has 0 saturated carbocycles. The van der Waals surface area contributed by atoms with E-state index in [4.69, 9.17) is 4.74 Å². The number of aromatic amines is 1. The number of nitrogens with one attached hydrogen (secondary N) is 2. The Balaban J connectivity index is 1.33. The zero-order valence-corrected chi connectivity index (χ0v) is 20.8. The molecule has 3 aliphatic rings. The highest BCUT2D eigenvalue weighted by molar-refractivity contribution is 7.93. The Kier molecular flexibility index (Phi) is 5.52. The van der Waals surface area contributed by atoms with Crippen LogP contribution in [0.3, 0.4) is 0 Å². The number of hydrogen-bond donors (Lipinski definition) is 2. The number of ether oxygens (including phenoxy) is 1. The van der Waals surface area contributed by atoms with Crippen molar-refractivity contribution in [2.45, 2.75) is 36.8 Å². The Morgan fingerprint density at radius 1 is 1.31 bits per heavy atom. The summed E-state index contributed by atoms with van der Waals surface area (Å²) in [5.74, 6) is 0. The molecule has 2 aromatic carbocycles. The zero-order chi connectivity index (χ0) is 25.0. The highest BCUT2D eigenvalue weighted by Crippen LogP contribution is 2.39. The van der Waals surface area contributed by atoms with Crippen molar-refractivity contribution in [2.75, 3.05) is 42.4 Å². The molecule has 186 valence electrons. The van der Waals surface area contributed by atoms with Gasteiger partial charge >= 0.3 is 0 Å². The number of sulfonamides is 1. The van der Waals surface area contributed by atoms with E-state index in [9.17, 15) is 18.5 Å². The number of fused-ring (bicyclic) bond motifs is 4. The van der Waals surface area contributed by atoms with Gasteiger partial charge in [0.1, 0.15) is 0 Å². The van der Waals surface area contributed by atoms with Gasteiger partial charge in [0, 0.05) is 60.4 Å². The highest BCUT2D eigenvalue weighted by Gasteiger charge is 2.38.